The van der Waals surface area contributed by atoms with E-state index in [1.807, 2.05) is 21.3 Å². The molecule has 13 nitrogen and oxygen atoms in total. The van der Waals surface area contributed by atoms with Gasteiger partial charge in [-0.15, -0.1) is 23.1 Å². The molecule has 2 atom stereocenters. The van der Waals surface area contributed by atoms with E-state index in [1.165, 1.54) is 35.9 Å². The highest BCUT2D eigenvalue weighted by Gasteiger charge is 2.54. The van der Waals surface area contributed by atoms with Crippen LogP contribution in [0.4, 0.5) is 9.52 Å². The van der Waals surface area contributed by atoms with Crippen molar-refractivity contribution in [3.63, 3.8) is 0 Å². The summed E-state index contributed by atoms with van der Waals surface area (Å²) >= 11 is 8.87. The number of anilines is 1. The lowest BCUT2D eigenvalue weighted by Crippen LogP contribution is -2.62. The van der Waals surface area contributed by atoms with Crippen LogP contribution in [0, 0.1) is 17.1 Å². The molecular weight excluding hydrogens is 671 g/mol. The molecule has 0 unspecified atom stereocenters. The first-order chi connectivity index (χ1) is 22.5. The van der Waals surface area contributed by atoms with Crippen LogP contribution in [0.2, 0.25) is 5.02 Å². The van der Waals surface area contributed by atoms with E-state index in [-0.39, 0.29) is 63.7 Å². The van der Waals surface area contributed by atoms with Crippen LogP contribution in [0.5, 0.6) is 0 Å². The molecule has 4 aromatic rings. The number of aliphatic carboxylic acids is 1. The van der Waals surface area contributed by atoms with Crippen molar-refractivity contribution in [2.45, 2.75) is 24.9 Å². The Hall–Kier alpha value is -4.80. The number of thioether (sulfide) groups is 1. The largest absolute Gasteiger partial charge is 0.477 e. The predicted molar refractivity (Wildman–Crippen MR) is 175 cm³/mol. The van der Waals surface area contributed by atoms with Gasteiger partial charge in [0.2, 0.25) is 11.4 Å². The zero-order valence-electron chi connectivity index (χ0n) is 24.6. The fraction of sp³-hybridized carbons (Fsp3) is 0.233. The van der Waals surface area contributed by atoms with Crippen molar-refractivity contribution in [2.24, 2.45) is 16.8 Å². The SMILES string of the molecule is CO/N=C(\C(=O)C[C@@H]1C(=O)N2C(C(=O)O)=C(C[n+]3cccc4c3ccn4Cc3c(F)cc(C(=N)N)cc3Cl)CS[C@H]12)c1csc(N)n1. The minimum absolute atomic E-state index is 0.0586. The lowest BCUT2D eigenvalue weighted by Gasteiger charge is -2.49. The summed E-state index contributed by atoms with van der Waals surface area (Å²) < 4.78 is 18.6. The maximum atomic E-state index is 14.9. The molecule has 1 amide bonds. The van der Waals surface area contributed by atoms with E-state index in [2.05, 4.69) is 10.1 Å². The van der Waals surface area contributed by atoms with Crippen molar-refractivity contribution >= 4 is 80.1 Å². The van der Waals surface area contributed by atoms with Crippen LogP contribution in [-0.4, -0.2) is 67.0 Å². The molecule has 5 heterocycles. The third-order valence-corrected chi connectivity index (χ3v) is 10.3. The van der Waals surface area contributed by atoms with E-state index in [0.29, 0.717) is 11.3 Å². The van der Waals surface area contributed by atoms with Crippen molar-refractivity contribution in [1.29, 1.82) is 5.41 Å². The molecule has 1 saturated heterocycles. The molecule has 2 aliphatic heterocycles. The Kier molecular flexibility index (Phi) is 8.74. The normalized spacial score (nSPS) is 17.9. The summed E-state index contributed by atoms with van der Waals surface area (Å²) in [5, 5.41) is 23.0. The molecule has 47 heavy (non-hydrogen) atoms. The second kappa shape index (κ2) is 12.8. The molecule has 6 rings (SSSR count). The van der Waals surface area contributed by atoms with Gasteiger partial charge in [-0.25, -0.2) is 14.2 Å². The van der Waals surface area contributed by atoms with E-state index in [9.17, 15) is 23.9 Å². The average Bonchev–Trinajstić information content (AvgIpc) is 3.66. The first-order valence-electron chi connectivity index (χ1n) is 14.0. The summed E-state index contributed by atoms with van der Waals surface area (Å²) in [5.41, 5.74) is 13.7. The van der Waals surface area contributed by atoms with Crippen LogP contribution in [-0.2, 0) is 32.3 Å². The summed E-state index contributed by atoms with van der Waals surface area (Å²) in [5.74, 6) is -3.49. The molecule has 0 radical (unpaired) electrons. The van der Waals surface area contributed by atoms with Crippen LogP contribution in [0.1, 0.15) is 23.2 Å². The topological polar surface area (TPSA) is 194 Å². The van der Waals surface area contributed by atoms with Crippen molar-refractivity contribution in [1.82, 2.24) is 14.5 Å². The Bertz CT molecular complexity index is 2020. The number of nitrogens with two attached hydrogens (primary N) is 2. The molecule has 1 fully saturated rings. The number of amidine groups is 1. The van der Waals surface area contributed by atoms with E-state index < -0.39 is 34.8 Å². The summed E-state index contributed by atoms with van der Waals surface area (Å²) in [6, 6.07) is 8.09. The fourth-order valence-corrected chi connectivity index (χ4v) is 7.96. The predicted octanol–water partition coefficient (Wildman–Crippen LogP) is 2.97. The Morgan fingerprint density at radius 1 is 1.34 bits per heavy atom. The van der Waals surface area contributed by atoms with Gasteiger partial charge in [0.15, 0.2) is 29.4 Å². The molecule has 0 bridgehead atoms. The third kappa shape index (κ3) is 5.94. The van der Waals surface area contributed by atoms with Crippen LogP contribution < -0.4 is 16.0 Å². The number of hydrogen-bond acceptors (Lipinski definition) is 10. The molecule has 0 saturated carbocycles. The van der Waals surface area contributed by atoms with E-state index >= 15 is 0 Å². The third-order valence-electron chi connectivity index (χ3n) is 7.93. The molecule has 6 N–H and O–H groups in total. The lowest BCUT2D eigenvalue weighted by molar-refractivity contribution is -0.663. The first kappa shape index (κ1) is 32.2. The highest BCUT2D eigenvalue weighted by molar-refractivity contribution is 8.00. The van der Waals surface area contributed by atoms with Gasteiger partial charge >= 0.3 is 5.97 Å². The number of thiazole rings is 1. The number of nitrogens with zero attached hydrogens (tertiary/aromatic N) is 5. The number of ketones is 1. The highest BCUT2D eigenvalue weighted by Crippen LogP contribution is 2.45. The number of carbonyl (C=O) groups is 3. The molecule has 3 aromatic heterocycles. The standard InChI is InChI=1S/C30H26ClFN8O5S2/c1-45-37-24(20-13-47-30(35)36-20)23(41)9-16-27(42)40-25(29(43)44)15(12-46-28(16)40)10-38-5-2-3-21-22(38)4-6-39(21)11-17-18(31)7-14(26(33)34)8-19(17)32/h2-8,13,16,28H,9-12H2,1H3,(H5-,33,34,35,36,43,44)/p+1/b37-24-/t16-,28-/m1/s1. The van der Waals surface area contributed by atoms with Crippen molar-refractivity contribution < 1.29 is 33.3 Å². The number of rotatable bonds is 11. The summed E-state index contributed by atoms with van der Waals surface area (Å²) in [6.45, 7) is 0.278. The quantitative estimate of drug-likeness (QED) is 0.0599. The zero-order chi connectivity index (χ0) is 33.6. The van der Waals surface area contributed by atoms with E-state index in [4.69, 9.17) is 33.3 Å². The number of benzene rings is 1. The minimum Gasteiger partial charge on any atom is -0.477 e. The number of carboxylic acid groups (broad SMARTS) is 1. The maximum absolute atomic E-state index is 14.9. The molecule has 17 heteroatoms. The molecule has 2 aliphatic rings. The van der Waals surface area contributed by atoms with Crippen LogP contribution >= 0.6 is 34.7 Å². The summed E-state index contributed by atoms with van der Waals surface area (Å²) in [4.78, 5) is 49.2. The molecular formula is C30H27ClFN8O5S2+. The summed E-state index contributed by atoms with van der Waals surface area (Å²) in [7, 11) is 1.29. The monoisotopic (exact) mass is 697 g/mol. The van der Waals surface area contributed by atoms with Crippen LogP contribution in [0.3, 0.4) is 0 Å². The van der Waals surface area contributed by atoms with Crippen molar-refractivity contribution in [3.8, 4) is 0 Å². The number of carboxylic acids is 1. The number of oxime groups is 1. The smallest absolute Gasteiger partial charge is 0.352 e. The number of fused-ring (bicyclic) bond motifs is 2. The first-order valence-corrected chi connectivity index (χ1v) is 16.3. The number of nitrogens with one attached hydrogen (secondary N) is 1. The molecule has 1 aromatic carbocycles. The Morgan fingerprint density at radius 3 is 2.79 bits per heavy atom. The highest BCUT2D eigenvalue weighted by atomic mass is 35.5. The number of Topliss-reactive ketones (excluding diaryl/α,β-unsaturated/α-hetero) is 1. The maximum Gasteiger partial charge on any atom is 0.352 e. The van der Waals surface area contributed by atoms with Gasteiger partial charge in [-0.2, -0.15) is 4.57 Å². The van der Waals surface area contributed by atoms with Crippen LogP contribution in [0.15, 0.2) is 64.5 Å². The Labute approximate surface area is 279 Å². The second-order valence-corrected chi connectivity index (χ2v) is 13.2. The van der Waals surface area contributed by atoms with Gasteiger partial charge < -0.3 is 26.0 Å². The van der Waals surface area contributed by atoms with Gasteiger partial charge in [0.25, 0.3) is 0 Å². The van der Waals surface area contributed by atoms with Gasteiger partial charge in [-0.3, -0.25) is 19.9 Å². The lowest BCUT2D eigenvalue weighted by atomic mass is 9.89. The van der Waals surface area contributed by atoms with E-state index in [1.54, 1.807) is 23.8 Å². The number of pyridine rings is 1. The number of carbonyl (C=O) groups excluding carboxylic acids is 2. The van der Waals surface area contributed by atoms with Gasteiger partial charge in [-0.05, 0) is 18.2 Å². The molecule has 242 valence electrons. The minimum atomic E-state index is -1.24. The fourth-order valence-electron chi connectivity index (χ4n) is 5.74. The van der Waals surface area contributed by atoms with Crippen molar-refractivity contribution in [2.75, 3.05) is 18.6 Å². The van der Waals surface area contributed by atoms with Crippen molar-refractivity contribution in [3.05, 3.63) is 87.0 Å². The number of β-lactam (4-membered cyclic amide) rings is 1. The van der Waals surface area contributed by atoms with Gasteiger partial charge in [0.1, 0.15) is 35.7 Å². The number of aromatic nitrogens is 3. The number of halogens is 2. The Morgan fingerprint density at radius 2 is 2.13 bits per heavy atom. The number of nitrogen functional groups attached to an aromatic ring is 2. The number of hydrogen-bond donors (Lipinski definition) is 4. The van der Waals surface area contributed by atoms with Gasteiger partial charge in [-0.1, -0.05) is 16.8 Å². The number of amides is 1. The van der Waals surface area contributed by atoms with E-state index in [0.717, 1.165) is 22.4 Å². The molecule has 0 spiro atoms. The second-order valence-electron chi connectivity index (χ2n) is 10.8. The average molecular weight is 698 g/mol. The van der Waals surface area contributed by atoms with Gasteiger partial charge in [0.05, 0.1) is 17.8 Å². The zero-order valence-corrected chi connectivity index (χ0v) is 27.0. The molecule has 0 aliphatic carbocycles. The van der Waals surface area contributed by atoms with Crippen LogP contribution in [0.25, 0.3) is 11.0 Å². The Balaban J connectivity index is 1.23. The van der Waals surface area contributed by atoms with Gasteiger partial charge in [0, 0.05) is 57.6 Å². The summed E-state index contributed by atoms with van der Waals surface area (Å²) in [6.07, 6.45) is 3.38.